The lowest BCUT2D eigenvalue weighted by atomic mass is 9.78. The van der Waals surface area contributed by atoms with Crippen LogP contribution in [0.1, 0.15) is 19.8 Å². The van der Waals surface area contributed by atoms with Gasteiger partial charge in [0.05, 0.1) is 18.2 Å². The van der Waals surface area contributed by atoms with Crippen LogP contribution < -0.4 is 38.0 Å². The number of amides is 1. The van der Waals surface area contributed by atoms with Gasteiger partial charge in [-0.2, -0.15) is 0 Å². The van der Waals surface area contributed by atoms with Gasteiger partial charge in [-0.05, 0) is 31.2 Å². The molecule has 9 nitrogen and oxygen atoms in total. The lowest BCUT2D eigenvalue weighted by molar-refractivity contribution is -0.128. The third kappa shape index (κ3) is 3.98. The van der Waals surface area contributed by atoms with Crippen LogP contribution in [0.15, 0.2) is 0 Å². The van der Waals surface area contributed by atoms with E-state index in [1.807, 2.05) is 0 Å². The van der Waals surface area contributed by atoms with E-state index >= 15 is 0 Å². The zero-order valence-electron chi connectivity index (χ0n) is 15.9. The van der Waals surface area contributed by atoms with Crippen molar-refractivity contribution in [2.24, 2.45) is 23.5 Å². The molecule has 0 aromatic carbocycles. The van der Waals surface area contributed by atoms with Crippen LogP contribution in [0.3, 0.4) is 0 Å². The van der Waals surface area contributed by atoms with Crippen LogP contribution in [0.4, 0.5) is 4.39 Å². The molecular weight excluding hydrogens is 351 g/mol. The van der Waals surface area contributed by atoms with Crippen LogP contribution in [0, 0.1) is 17.8 Å². The van der Waals surface area contributed by atoms with Gasteiger partial charge in [0.1, 0.15) is 6.17 Å². The summed E-state index contributed by atoms with van der Waals surface area (Å²) in [5.41, 5.74) is 15.9. The van der Waals surface area contributed by atoms with Crippen LogP contribution in [0.25, 0.3) is 0 Å². The molecule has 27 heavy (non-hydrogen) atoms. The van der Waals surface area contributed by atoms with Crippen LogP contribution in [0.5, 0.6) is 0 Å². The van der Waals surface area contributed by atoms with E-state index in [1.165, 1.54) is 0 Å². The summed E-state index contributed by atoms with van der Waals surface area (Å²) in [5, 5.41) is 11.5. The molecule has 10 heteroatoms. The van der Waals surface area contributed by atoms with Crippen molar-refractivity contribution in [3.63, 3.8) is 0 Å². The van der Waals surface area contributed by atoms with Crippen molar-refractivity contribution in [1.82, 2.24) is 37.2 Å². The van der Waals surface area contributed by atoms with Crippen molar-refractivity contribution in [1.29, 1.82) is 0 Å². The SMILES string of the molecule is CC1CCNNC1C1CCNCC1NC(=O)C1C(N)NN2CC(F)CNC12. The number of piperidine rings is 1. The third-order valence-electron chi connectivity index (χ3n) is 6.55. The van der Waals surface area contributed by atoms with Crippen molar-refractivity contribution < 1.29 is 9.18 Å². The lowest BCUT2D eigenvalue weighted by Crippen LogP contribution is -2.64. The smallest absolute Gasteiger partial charge is 0.229 e. The molecule has 0 radical (unpaired) electrons. The molecule has 0 aromatic heterocycles. The van der Waals surface area contributed by atoms with Gasteiger partial charge in [0.2, 0.25) is 5.91 Å². The zero-order chi connectivity index (χ0) is 19.0. The Kier molecular flexibility index (Phi) is 5.93. The number of hydrogen-bond acceptors (Lipinski definition) is 8. The number of rotatable bonds is 3. The first kappa shape index (κ1) is 19.4. The summed E-state index contributed by atoms with van der Waals surface area (Å²) in [6.45, 7) is 5.46. The predicted molar refractivity (Wildman–Crippen MR) is 99.6 cm³/mol. The van der Waals surface area contributed by atoms with Crippen LogP contribution in [-0.2, 0) is 4.79 Å². The van der Waals surface area contributed by atoms with E-state index in [2.05, 4.69) is 39.2 Å². The number of nitrogens with zero attached hydrogens (tertiary/aromatic N) is 1. The summed E-state index contributed by atoms with van der Waals surface area (Å²) < 4.78 is 13.6. The first-order valence-electron chi connectivity index (χ1n) is 10.2. The topological polar surface area (TPSA) is 119 Å². The molecule has 1 amide bonds. The highest BCUT2D eigenvalue weighted by molar-refractivity contribution is 5.80. The summed E-state index contributed by atoms with van der Waals surface area (Å²) in [7, 11) is 0. The average Bonchev–Trinajstić information content (AvgIpc) is 2.97. The maximum atomic E-state index is 13.6. The van der Waals surface area contributed by atoms with Gasteiger partial charge >= 0.3 is 0 Å². The van der Waals surface area contributed by atoms with Crippen molar-refractivity contribution in [2.45, 2.75) is 50.4 Å². The molecule has 4 aliphatic heterocycles. The third-order valence-corrected chi connectivity index (χ3v) is 6.55. The molecule has 4 aliphatic rings. The number of hydrazine groups is 2. The van der Waals surface area contributed by atoms with Gasteiger partial charge in [-0.3, -0.25) is 21.0 Å². The molecular formula is C17H33FN8O. The number of hydrogen-bond donors (Lipinski definition) is 7. The number of nitrogens with two attached hydrogens (primary N) is 1. The molecule has 4 saturated heterocycles. The Morgan fingerprint density at radius 3 is 2.93 bits per heavy atom. The van der Waals surface area contributed by atoms with Gasteiger partial charge in [-0.25, -0.2) is 14.8 Å². The number of fused-ring (bicyclic) bond motifs is 1. The molecule has 4 fully saturated rings. The van der Waals surface area contributed by atoms with Crippen LogP contribution >= 0.6 is 0 Å². The monoisotopic (exact) mass is 384 g/mol. The molecule has 4 heterocycles. The van der Waals surface area contributed by atoms with Gasteiger partial charge in [0.15, 0.2) is 0 Å². The van der Waals surface area contributed by atoms with E-state index < -0.39 is 18.3 Å². The number of alkyl halides is 1. The van der Waals surface area contributed by atoms with E-state index in [1.54, 1.807) is 5.01 Å². The Morgan fingerprint density at radius 2 is 2.11 bits per heavy atom. The Morgan fingerprint density at radius 1 is 1.26 bits per heavy atom. The molecule has 0 aromatic rings. The first-order valence-corrected chi connectivity index (χ1v) is 10.2. The minimum Gasteiger partial charge on any atom is -0.351 e. The zero-order valence-corrected chi connectivity index (χ0v) is 15.9. The largest absolute Gasteiger partial charge is 0.351 e. The highest BCUT2D eigenvalue weighted by Crippen LogP contribution is 2.27. The van der Waals surface area contributed by atoms with Gasteiger partial charge in [0, 0.05) is 38.3 Å². The lowest BCUT2D eigenvalue weighted by Gasteiger charge is -2.43. The fourth-order valence-electron chi connectivity index (χ4n) is 5.07. The second-order valence-electron chi connectivity index (χ2n) is 8.42. The number of nitrogens with one attached hydrogen (secondary N) is 6. The maximum Gasteiger partial charge on any atom is 0.229 e. The van der Waals surface area contributed by atoms with Gasteiger partial charge in [-0.1, -0.05) is 6.92 Å². The summed E-state index contributed by atoms with van der Waals surface area (Å²) in [4.78, 5) is 13.1. The quantitative estimate of drug-likeness (QED) is 0.287. The Hall–Kier alpha value is -0.880. The summed E-state index contributed by atoms with van der Waals surface area (Å²) in [5.74, 6) is 0.396. The van der Waals surface area contributed by atoms with Gasteiger partial charge in [-0.15, -0.1) is 0 Å². The minimum atomic E-state index is -0.957. The number of carbonyl (C=O) groups excluding carboxylic acids is 1. The van der Waals surface area contributed by atoms with Gasteiger partial charge < -0.3 is 16.4 Å². The molecule has 4 rings (SSSR count). The molecule has 0 aliphatic carbocycles. The second kappa shape index (κ2) is 8.24. The second-order valence-corrected chi connectivity index (χ2v) is 8.42. The molecule has 8 unspecified atom stereocenters. The van der Waals surface area contributed by atoms with Crippen molar-refractivity contribution >= 4 is 5.91 Å². The number of carbonyl (C=O) groups is 1. The van der Waals surface area contributed by atoms with Crippen molar-refractivity contribution in [3.8, 4) is 0 Å². The van der Waals surface area contributed by atoms with Crippen LogP contribution in [-0.4, -0.2) is 74.2 Å². The molecule has 0 spiro atoms. The van der Waals surface area contributed by atoms with Gasteiger partial charge in [0.25, 0.3) is 0 Å². The normalized spacial score (nSPS) is 46.0. The Balaban J connectivity index is 1.42. The van der Waals surface area contributed by atoms with E-state index in [9.17, 15) is 9.18 Å². The fraction of sp³-hybridized carbons (Fsp3) is 0.941. The highest BCUT2D eigenvalue weighted by Gasteiger charge is 2.48. The molecule has 154 valence electrons. The fourth-order valence-corrected chi connectivity index (χ4v) is 5.07. The standard InChI is InChI=1S/C17H33FN8O/c1-9-2-5-22-24-14(9)11-3-4-20-7-12(11)23-17(27)13-15(19)25-26-8-10(18)6-21-16(13)26/h9-16,20-22,24-25H,2-8,19H2,1H3,(H,23,27). The summed E-state index contributed by atoms with van der Waals surface area (Å²) >= 11 is 0. The van der Waals surface area contributed by atoms with E-state index in [0.717, 1.165) is 32.5 Å². The van der Waals surface area contributed by atoms with Crippen molar-refractivity contribution in [3.05, 3.63) is 0 Å². The molecule has 0 bridgehead atoms. The Bertz CT molecular complexity index is 539. The molecule has 8 atom stereocenters. The predicted octanol–water partition coefficient (Wildman–Crippen LogP) is -2.43. The molecule has 0 saturated carbocycles. The van der Waals surface area contributed by atoms with E-state index in [4.69, 9.17) is 5.73 Å². The van der Waals surface area contributed by atoms with E-state index in [-0.39, 0.29) is 31.2 Å². The summed E-state index contributed by atoms with van der Waals surface area (Å²) in [6, 6.07) is 0.378. The average molecular weight is 385 g/mol. The van der Waals surface area contributed by atoms with Crippen molar-refractivity contribution in [2.75, 3.05) is 32.7 Å². The minimum absolute atomic E-state index is 0.0462. The Labute approximate surface area is 159 Å². The number of halogens is 1. The first-order chi connectivity index (χ1) is 13.0. The summed E-state index contributed by atoms with van der Waals surface area (Å²) in [6.07, 6.45) is 0.402. The van der Waals surface area contributed by atoms with E-state index in [0.29, 0.717) is 17.9 Å². The van der Waals surface area contributed by atoms with Crippen LogP contribution in [0.2, 0.25) is 0 Å². The maximum absolute atomic E-state index is 13.6. The molecule has 8 N–H and O–H groups in total. The highest BCUT2D eigenvalue weighted by atomic mass is 19.1.